The summed E-state index contributed by atoms with van der Waals surface area (Å²) in [6.45, 7) is 12.3. The monoisotopic (exact) mass is 549 g/mol. The van der Waals surface area contributed by atoms with Gasteiger partial charge in [-0.25, -0.2) is 9.59 Å². The number of carbonyl (C=O) groups is 2. The first kappa shape index (κ1) is 33.6. The van der Waals surface area contributed by atoms with Gasteiger partial charge < -0.3 is 19.3 Å². The van der Waals surface area contributed by atoms with E-state index in [2.05, 4.69) is 21.6 Å². The Bertz CT molecular complexity index is 706. The molecule has 2 aliphatic heterocycles. The maximum absolute atomic E-state index is 13.0. The molecule has 0 atom stereocenters. The van der Waals surface area contributed by atoms with Gasteiger partial charge in [0.1, 0.15) is 5.70 Å². The molecule has 0 bridgehead atoms. The first-order chi connectivity index (χ1) is 19.1. The van der Waals surface area contributed by atoms with Gasteiger partial charge in [0.25, 0.3) is 0 Å². The summed E-state index contributed by atoms with van der Waals surface area (Å²) in [5.41, 5.74) is 0.861. The molecule has 0 saturated carbocycles. The Morgan fingerprint density at radius 3 is 1.67 bits per heavy atom. The van der Waals surface area contributed by atoms with Crippen molar-refractivity contribution in [2.75, 3.05) is 59.2 Å². The van der Waals surface area contributed by atoms with Crippen molar-refractivity contribution in [3.8, 4) is 0 Å². The molecular weight excluding hydrogens is 490 g/mol. The lowest BCUT2D eigenvalue weighted by Crippen LogP contribution is -2.49. The number of unbranched alkanes of at least 4 members (excludes halogenated alkanes) is 13. The third-order valence-corrected chi connectivity index (χ3v) is 8.06. The topological polar surface area (TPSA) is 62.3 Å². The Labute approximate surface area is 239 Å². The number of esters is 2. The van der Waals surface area contributed by atoms with Crippen LogP contribution in [0.4, 0.5) is 0 Å². The van der Waals surface area contributed by atoms with Crippen LogP contribution in [0.25, 0.3) is 0 Å². The first-order valence-corrected chi connectivity index (χ1v) is 16.4. The minimum atomic E-state index is -0.405. The van der Waals surface area contributed by atoms with Crippen molar-refractivity contribution >= 4 is 11.9 Å². The van der Waals surface area contributed by atoms with Crippen molar-refractivity contribution in [3.05, 3.63) is 11.3 Å². The molecule has 0 aromatic rings. The van der Waals surface area contributed by atoms with E-state index in [1.165, 1.54) is 96.3 Å². The zero-order chi connectivity index (χ0) is 28.1. The fourth-order valence-electron chi connectivity index (χ4n) is 5.81. The third-order valence-electron chi connectivity index (χ3n) is 8.06. The predicted molar refractivity (Wildman–Crippen MR) is 159 cm³/mol. The molecule has 1 saturated heterocycles. The summed E-state index contributed by atoms with van der Waals surface area (Å²) in [6, 6.07) is 0. The van der Waals surface area contributed by atoms with Gasteiger partial charge in [0, 0.05) is 26.2 Å². The van der Waals surface area contributed by atoms with Gasteiger partial charge in [-0.05, 0) is 46.2 Å². The van der Waals surface area contributed by atoms with Crippen LogP contribution in [0, 0.1) is 0 Å². The second kappa shape index (κ2) is 21.2. The number of rotatable bonds is 22. The highest BCUT2D eigenvalue weighted by atomic mass is 16.5. The fraction of sp³-hybridized carbons (Fsp3) is 0.875. The van der Waals surface area contributed by atoms with Crippen LogP contribution in [-0.2, 0) is 19.1 Å². The highest BCUT2D eigenvalue weighted by Gasteiger charge is 2.34. The Morgan fingerprint density at radius 2 is 1.13 bits per heavy atom. The summed E-state index contributed by atoms with van der Waals surface area (Å²) in [5, 5.41) is 0. The van der Waals surface area contributed by atoms with E-state index in [1.807, 2.05) is 13.8 Å². The molecule has 0 spiro atoms. The lowest BCUT2D eigenvalue weighted by molar-refractivity contribution is -0.144. The van der Waals surface area contributed by atoms with Gasteiger partial charge in [-0.3, -0.25) is 4.90 Å². The Hall–Kier alpha value is -1.60. The van der Waals surface area contributed by atoms with E-state index in [9.17, 15) is 9.59 Å². The van der Waals surface area contributed by atoms with Crippen LogP contribution in [0.3, 0.4) is 0 Å². The minimum Gasteiger partial charge on any atom is -0.463 e. The van der Waals surface area contributed by atoms with E-state index < -0.39 is 11.9 Å². The molecule has 0 aliphatic carbocycles. The average Bonchev–Trinajstić information content (AvgIpc) is 3.46. The van der Waals surface area contributed by atoms with Crippen LogP contribution in [-0.4, -0.2) is 85.8 Å². The minimum absolute atomic E-state index is 0.293. The van der Waals surface area contributed by atoms with Crippen LogP contribution in [0.5, 0.6) is 0 Å². The fourth-order valence-corrected chi connectivity index (χ4v) is 5.81. The number of likely N-dealkylation sites (tertiary alicyclic amines) is 1. The molecule has 0 N–H and O–H groups in total. The molecule has 39 heavy (non-hydrogen) atoms. The molecular formula is C32H59N3O4. The maximum Gasteiger partial charge on any atom is 0.355 e. The van der Waals surface area contributed by atoms with Crippen molar-refractivity contribution in [2.24, 2.45) is 0 Å². The summed E-state index contributed by atoms with van der Waals surface area (Å²) < 4.78 is 10.8. The standard InChI is InChI=1S/C32H59N3O4/c1-4-7-8-9-10-11-12-13-14-15-16-17-18-19-24-34-27-29(31(36)38-5-2)30(32(37)39-6-3)35(28-34)26-25-33-22-20-21-23-33/h4-28H2,1-3H3. The maximum atomic E-state index is 13.0. The quantitative estimate of drug-likeness (QED) is 0.113. The molecule has 0 aromatic carbocycles. The Morgan fingerprint density at radius 1 is 0.615 bits per heavy atom. The number of ether oxygens (including phenoxy) is 2. The van der Waals surface area contributed by atoms with E-state index in [0.717, 1.165) is 32.6 Å². The van der Waals surface area contributed by atoms with E-state index in [0.29, 0.717) is 44.2 Å². The molecule has 2 aliphatic rings. The summed E-state index contributed by atoms with van der Waals surface area (Å²) in [7, 11) is 0. The van der Waals surface area contributed by atoms with Gasteiger partial charge in [0.15, 0.2) is 0 Å². The van der Waals surface area contributed by atoms with E-state index in [1.54, 1.807) is 0 Å². The zero-order valence-corrected chi connectivity index (χ0v) is 25.7. The largest absolute Gasteiger partial charge is 0.463 e. The third kappa shape index (κ3) is 13.5. The highest BCUT2D eigenvalue weighted by Crippen LogP contribution is 2.23. The molecule has 0 radical (unpaired) electrons. The molecule has 2 heterocycles. The molecule has 7 nitrogen and oxygen atoms in total. The van der Waals surface area contributed by atoms with Crippen molar-refractivity contribution in [1.82, 2.24) is 14.7 Å². The number of nitrogens with zero attached hydrogens (tertiary/aromatic N) is 3. The predicted octanol–water partition coefficient (Wildman–Crippen LogP) is 6.52. The van der Waals surface area contributed by atoms with Crippen LogP contribution in [0.15, 0.2) is 11.3 Å². The summed E-state index contributed by atoms with van der Waals surface area (Å²) >= 11 is 0. The van der Waals surface area contributed by atoms with Crippen LogP contribution >= 0.6 is 0 Å². The second-order valence-corrected chi connectivity index (χ2v) is 11.4. The van der Waals surface area contributed by atoms with Crippen molar-refractivity contribution < 1.29 is 19.1 Å². The lowest BCUT2D eigenvalue weighted by Gasteiger charge is -2.39. The summed E-state index contributed by atoms with van der Waals surface area (Å²) in [5.74, 6) is -0.796. The zero-order valence-electron chi connectivity index (χ0n) is 25.7. The Balaban J connectivity index is 1.77. The van der Waals surface area contributed by atoms with Crippen molar-refractivity contribution in [2.45, 2.75) is 124 Å². The van der Waals surface area contributed by atoms with E-state index >= 15 is 0 Å². The van der Waals surface area contributed by atoms with Crippen LogP contribution in [0.2, 0.25) is 0 Å². The normalized spacial score (nSPS) is 16.7. The van der Waals surface area contributed by atoms with Crippen molar-refractivity contribution in [3.63, 3.8) is 0 Å². The van der Waals surface area contributed by atoms with Crippen LogP contribution in [0.1, 0.15) is 124 Å². The van der Waals surface area contributed by atoms with E-state index in [4.69, 9.17) is 9.47 Å². The summed E-state index contributed by atoms with van der Waals surface area (Å²) in [4.78, 5) is 32.7. The second-order valence-electron chi connectivity index (χ2n) is 11.4. The molecule has 0 amide bonds. The summed E-state index contributed by atoms with van der Waals surface area (Å²) in [6.07, 6.45) is 21.3. The molecule has 1 fully saturated rings. The SMILES string of the molecule is CCCCCCCCCCCCCCCCN1CC(C(=O)OCC)=C(C(=O)OCC)N(CCN2CCCC2)C1. The molecule has 226 valence electrons. The smallest absolute Gasteiger partial charge is 0.355 e. The van der Waals surface area contributed by atoms with Gasteiger partial charge in [0.2, 0.25) is 0 Å². The molecule has 0 aromatic heterocycles. The highest BCUT2D eigenvalue weighted by molar-refractivity contribution is 6.00. The van der Waals surface area contributed by atoms with Gasteiger partial charge in [-0.1, -0.05) is 90.4 Å². The first-order valence-electron chi connectivity index (χ1n) is 16.4. The average molecular weight is 550 g/mol. The van der Waals surface area contributed by atoms with Crippen LogP contribution < -0.4 is 0 Å². The molecule has 2 rings (SSSR count). The number of carbonyl (C=O) groups excluding carboxylic acids is 2. The van der Waals surface area contributed by atoms with E-state index in [-0.39, 0.29) is 0 Å². The Kier molecular flexibility index (Phi) is 18.3. The van der Waals surface area contributed by atoms with Gasteiger partial charge in [-0.15, -0.1) is 0 Å². The molecule has 0 unspecified atom stereocenters. The number of hydrogen-bond donors (Lipinski definition) is 0. The lowest BCUT2D eigenvalue weighted by atomic mass is 10.0. The van der Waals surface area contributed by atoms with Gasteiger partial charge in [0.05, 0.1) is 25.5 Å². The van der Waals surface area contributed by atoms with Gasteiger partial charge >= 0.3 is 11.9 Å². The number of hydrogen-bond acceptors (Lipinski definition) is 7. The van der Waals surface area contributed by atoms with Gasteiger partial charge in [-0.2, -0.15) is 0 Å². The molecule has 7 heteroatoms. The van der Waals surface area contributed by atoms with Crippen molar-refractivity contribution in [1.29, 1.82) is 0 Å².